The number of benzene rings is 10. The molecule has 0 fully saturated rings. The number of hydrogen-bond acceptors (Lipinski definition) is 2. The summed E-state index contributed by atoms with van der Waals surface area (Å²) < 4.78 is 17.2. The number of fused-ring (bicyclic) bond motifs is 12. The molecule has 0 saturated heterocycles. The molecule has 0 unspecified atom stereocenters. The summed E-state index contributed by atoms with van der Waals surface area (Å²) in [5, 5.41) is 9.47. The number of rotatable bonds is 5. The van der Waals surface area contributed by atoms with E-state index in [2.05, 4.69) is 203 Å². The van der Waals surface area contributed by atoms with E-state index in [1.807, 2.05) is 24.3 Å². The quantitative estimate of drug-likeness (QED) is 0.173. The summed E-state index contributed by atoms with van der Waals surface area (Å²) in [6, 6.07) is 78.7. The van der Waals surface area contributed by atoms with Gasteiger partial charge in [-0.2, -0.15) is 0 Å². The first-order valence-electron chi connectivity index (χ1n) is 21.8. The van der Waals surface area contributed by atoms with Gasteiger partial charge in [0.25, 0.3) is 0 Å². The van der Waals surface area contributed by atoms with E-state index in [1.165, 1.54) is 43.7 Å². The van der Waals surface area contributed by atoms with Crippen LogP contribution in [0.4, 0.5) is 0 Å². The van der Waals surface area contributed by atoms with E-state index >= 15 is 0 Å². The summed E-state index contributed by atoms with van der Waals surface area (Å²) in [6.45, 7) is 0. The Morgan fingerprint density at radius 1 is 0.250 bits per heavy atom. The predicted octanol–water partition coefficient (Wildman–Crippen LogP) is 16.7. The molecule has 0 radical (unpaired) electrons. The molecule has 14 rings (SSSR count). The number of furan rings is 2. The Kier molecular flexibility index (Phi) is 7.36. The average Bonchev–Trinajstić information content (AvgIpc) is 4.11. The van der Waals surface area contributed by atoms with Gasteiger partial charge >= 0.3 is 0 Å². The first-order valence-corrected chi connectivity index (χ1v) is 21.8. The average molecular weight is 817 g/mol. The van der Waals surface area contributed by atoms with Crippen molar-refractivity contribution in [3.05, 3.63) is 218 Å². The van der Waals surface area contributed by atoms with Gasteiger partial charge in [0.1, 0.15) is 22.3 Å². The lowest BCUT2D eigenvalue weighted by atomic mass is 9.99. The molecule has 0 saturated carbocycles. The van der Waals surface area contributed by atoms with Crippen LogP contribution in [0.25, 0.3) is 132 Å². The van der Waals surface area contributed by atoms with Crippen LogP contribution in [0.5, 0.6) is 0 Å². The zero-order valence-electron chi connectivity index (χ0n) is 34.5. The molecule has 0 spiro atoms. The van der Waals surface area contributed by atoms with Crippen molar-refractivity contribution in [1.29, 1.82) is 0 Å². The van der Waals surface area contributed by atoms with E-state index in [0.717, 1.165) is 88.5 Å². The van der Waals surface area contributed by atoms with E-state index < -0.39 is 0 Å². The first-order chi connectivity index (χ1) is 31.7. The van der Waals surface area contributed by atoms with E-state index in [4.69, 9.17) is 8.83 Å². The second-order valence-corrected chi connectivity index (χ2v) is 16.8. The lowest BCUT2D eigenvalue weighted by Crippen LogP contribution is -1.94. The summed E-state index contributed by atoms with van der Waals surface area (Å²) in [6.07, 6.45) is 0. The smallest absolute Gasteiger partial charge is 0.136 e. The molecule has 4 aromatic heterocycles. The highest BCUT2D eigenvalue weighted by Gasteiger charge is 2.18. The molecule has 0 bridgehead atoms. The lowest BCUT2D eigenvalue weighted by molar-refractivity contribution is 0.668. The Morgan fingerprint density at radius 3 is 1.31 bits per heavy atom. The fraction of sp³-hybridized carbons (Fsp3) is 0. The Labute approximate surface area is 367 Å². The maximum absolute atomic E-state index is 6.26. The summed E-state index contributed by atoms with van der Waals surface area (Å²) in [4.78, 5) is 0. The molecule has 0 amide bonds. The van der Waals surface area contributed by atoms with Crippen LogP contribution in [-0.4, -0.2) is 9.13 Å². The van der Waals surface area contributed by atoms with Crippen LogP contribution in [0.15, 0.2) is 227 Å². The highest BCUT2D eigenvalue weighted by molar-refractivity contribution is 6.14. The SMILES string of the molecule is c1ccc2c(c1)oc1ccc(-c3ccc4c(c3)c3cc(-c5ccc(-n6c7ccccc7c7ccccc76)cc5)ccc3n4-c3ccc(-c4cccc5oc6ccccc6c45)cc3)cc12. The van der Waals surface area contributed by atoms with E-state index in [9.17, 15) is 0 Å². The highest BCUT2D eigenvalue weighted by atomic mass is 16.3. The molecule has 4 heteroatoms. The molecule has 4 nitrogen and oxygen atoms in total. The number of aromatic nitrogens is 2. The minimum absolute atomic E-state index is 0.900. The Balaban J connectivity index is 0.920. The van der Waals surface area contributed by atoms with Gasteiger partial charge in [-0.3, -0.25) is 0 Å². The molecule has 0 aliphatic rings. The molecule has 0 aliphatic carbocycles. The predicted molar refractivity (Wildman–Crippen MR) is 266 cm³/mol. The maximum Gasteiger partial charge on any atom is 0.136 e. The van der Waals surface area contributed by atoms with Crippen molar-refractivity contribution in [1.82, 2.24) is 9.13 Å². The van der Waals surface area contributed by atoms with Crippen LogP contribution in [0.1, 0.15) is 0 Å². The van der Waals surface area contributed by atoms with E-state index in [1.54, 1.807) is 0 Å². The maximum atomic E-state index is 6.26. The number of para-hydroxylation sites is 4. The van der Waals surface area contributed by atoms with Gasteiger partial charge in [0.15, 0.2) is 0 Å². The van der Waals surface area contributed by atoms with Gasteiger partial charge in [-0.25, -0.2) is 0 Å². The highest BCUT2D eigenvalue weighted by Crippen LogP contribution is 2.41. The van der Waals surface area contributed by atoms with Crippen molar-refractivity contribution in [2.24, 2.45) is 0 Å². The molecule has 0 aliphatic heterocycles. The van der Waals surface area contributed by atoms with Gasteiger partial charge in [-0.05, 0) is 124 Å². The van der Waals surface area contributed by atoms with Crippen LogP contribution in [0.2, 0.25) is 0 Å². The van der Waals surface area contributed by atoms with Crippen LogP contribution in [0.3, 0.4) is 0 Å². The molecule has 64 heavy (non-hydrogen) atoms. The Bertz CT molecular complexity index is 4120. The molecule has 0 N–H and O–H groups in total. The molecular weight excluding hydrogens is 781 g/mol. The van der Waals surface area contributed by atoms with Gasteiger partial charge in [-0.15, -0.1) is 0 Å². The molecule has 298 valence electrons. The normalized spacial score (nSPS) is 12.1. The molecule has 4 heterocycles. The van der Waals surface area contributed by atoms with Crippen LogP contribution >= 0.6 is 0 Å². The molecule has 0 atom stereocenters. The van der Waals surface area contributed by atoms with E-state index in [0.29, 0.717) is 0 Å². The summed E-state index contributed by atoms with van der Waals surface area (Å²) >= 11 is 0. The Morgan fingerprint density at radius 2 is 0.672 bits per heavy atom. The van der Waals surface area contributed by atoms with Crippen molar-refractivity contribution in [2.45, 2.75) is 0 Å². The second-order valence-electron chi connectivity index (χ2n) is 16.8. The summed E-state index contributed by atoms with van der Waals surface area (Å²) in [7, 11) is 0. The zero-order chi connectivity index (χ0) is 41.9. The largest absolute Gasteiger partial charge is 0.456 e. The van der Waals surface area contributed by atoms with Crippen molar-refractivity contribution in [3.8, 4) is 44.8 Å². The summed E-state index contributed by atoms with van der Waals surface area (Å²) in [5.41, 5.74) is 17.6. The second kappa shape index (κ2) is 13.4. The van der Waals surface area contributed by atoms with E-state index in [-0.39, 0.29) is 0 Å². The minimum Gasteiger partial charge on any atom is -0.456 e. The van der Waals surface area contributed by atoms with Crippen molar-refractivity contribution >= 4 is 87.5 Å². The fourth-order valence-corrected chi connectivity index (χ4v) is 10.4. The number of hydrogen-bond donors (Lipinski definition) is 0. The van der Waals surface area contributed by atoms with Crippen molar-refractivity contribution in [2.75, 3.05) is 0 Å². The fourth-order valence-electron chi connectivity index (χ4n) is 10.4. The third-order valence-electron chi connectivity index (χ3n) is 13.4. The standard InChI is InChI=1S/C60H36N2O2/c1-5-15-52-45(10-1)46-11-2-6-16-53(46)61(52)42-27-20-37(21-28-42)39-24-31-54-49(34-39)50-35-40(41-26-33-58-51(36-41)47-12-3-7-17-56(47)63-58)25-32-55(50)62(54)43-29-22-38(23-30-43)44-14-9-19-59-60(44)48-13-4-8-18-57(48)64-59/h1-36H. The number of nitrogens with zero attached hydrogens (tertiary/aromatic N) is 2. The van der Waals surface area contributed by atoms with Crippen LogP contribution < -0.4 is 0 Å². The van der Waals surface area contributed by atoms with Gasteiger partial charge < -0.3 is 18.0 Å². The Hall–Kier alpha value is -8.60. The first kappa shape index (κ1) is 35.0. The van der Waals surface area contributed by atoms with Gasteiger partial charge in [-0.1, -0.05) is 127 Å². The minimum atomic E-state index is 0.900. The monoisotopic (exact) mass is 816 g/mol. The lowest BCUT2D eigenvalue weighted by Gasteiger charge is -2.11. The van der Waals surface area contributed by atoms with Crippen molar-refractivity contribution in [3.63, 3.8) is 0 Å². The third kappa shape index (κ3) is 5.17. The molecule has 14 aromatic rings. The van der Waals surface area contributed by atoms with Gasteiger partial charge in [0.2, 0.25) is 0 Å². The summed E-state index contributed by atoms with van der Waals surface area (Å²) in [5.74, 6) is 0. The van der Waals surface area contributed by atoms with Gasteiger partial charge in [0.05, 0.1) is 22.1 Å². The molecular formula is C60H36N2O2. The molecule has 10 aromatic carbocycles. The zero-order valence-corrected chi connectivity index (χ0v) is 34.5. The van der Waals surface area contributed by atoms with Crippen molar-refractivity contribution < 1.29 is 8.83 Å². The van der Waals surface area contributed by atoms with Gasteiger partial charge in [0, 0.05) is 54.5 Å². The topological polar surface area (TPSA) is 36.1 Å². The third-order valence-corrected chi connectivity index (χ3v) is 13.4. The van der Waals surface area contributed by atoms with Crippen LogP contribution in [0, 0.1) is 0 Å². The van der Waals surface area contributed by atoms with Crippen LogP contribution in [-0.2, 0) is 0 Å².